The summed E-state index contributed by atoms with van der Waals surface area (Å²) in [5, 5.41) is 0. The minimum atomic E-state index is -4.64. The Labute approximate surface area is 203 Å². The molecule has 1 spiro atoms. The van der Waals surface area contributed by atoms with E-state index in [0.29, 0.717) is 24.2 Å². The number of carbonyl (C=O) groups is 2. The van der Waals surface area contributed by atoms with Crippen LogP contribution in [0.25, 0.3) is 0 Å². The van der Waals surface area contributed by atoms with Gasteiger partial charge in [0.1, 0.15) is 23.2 Å². The van der Waals surface area contributed by atoms with Crippen molar-refractivity contribution in [3.63, 3.8) is 0 Å². The van der Waals surface area contributed by atoms with Gasteiger partial charge < -0.3 is 10.5 Å². The van der Waals surface area contributed by atoms with E-state index in [2.05, 4.69) is 15.9 Å². The van der Waals surface area contributed by atoms with Crippen LogP contribution in [-0.4, -0.2) is 35.2 Å². The number of carbonyl (C=O) groups excluding carboxylic acids is 2. The molecule has 1 aliphatic carbocycles. The molecule has 4 rings (SSSR count). The Morgan fingerprint density at radius 1 is 1.15 bits per heavy atom. The average Bonchev–Trinajstić information content (AvgIpc) is 3.05. The zero-order chi connectivity index (χ0) is 24.7. The molecule has 1 fully saturated rings. The van der Waals surface area contributed by atoms with Crippen LogP contribution in [-0.2, 0) is 15.8 Å². The van der Waals surface area contributed by atoms with Crippen LogP contribution in [0.4, 0.5) is 13.2 Å². The quantitative estimate of drug-likeness (QED) is 0.582. The maximum Gasteiger partial charge on any atom is 0.416 e. The monoisotopic (exact) mass is 537 g/mol. The number of amides is 2. The SMILES string of the molecule is COc1ccc(C2=NC3(CCCCC3)N(C(C(N)=O)c3cc(Br)cc(C(F)(F)F)c3)C2=O)cc1. The Morgan fingerprint density at radius 2 is 1.79 bits per heavy atom. The van der Waals surface area contributed by atoms with Crippen molar-refractivity contribution in [1.29, 1.82) is 0 Å². The Hall–Kier alpha value is -2.88. The van der Waals surface area contributed by atoms with E-state index in [1.54, 1.807) is 24.3 Å². The molecule has 0 aromatic heterocycles. The van der Waals surface area contributed by atoms with Gasteiger partial charge in [0.15, 0.2) is 0 Å². The van der Waals surface area contributed by atoms with Crippen LogP contribution in [0.5, 0.6) is 5.75 Å². The fourth-order valence-electron chi connectivity index (χ4n) is 4.75. The number of aliphatic imine (C=N–C) groups is 1. The summed E-state index contributed by atoms with van der Waals surface area (Å²) in [5.74, 6) is -0.858. The number of nitrogens with two attached hydrogens (primary N) is 1. The number of halogens is 4. The lowest BCUT2D eigenvalue weighted by Gasteiger charge is -2.42. The van der Waals surface area contributed by atoms with Crippen molar-refractivity contribution in [2.75, 3.05) is 7.11 Å². The van der Waals surface area contributed by atoms with Crippen molar-refractivity contribution in [1.82, 2.24) is 4.90 Å². The van der Waals surface area contributed by atoms with Gasteiger partial charge in [0, 0.05) is 10.0 Å². The first-order valence-electron chi connectivity index (χ1n) is 10.8. The summed E-state index contributed by atoms with van der Waals surface area (Å²) < 4.78 is 45.8. The third kappa shape index (κ3) is 4.43. The van der Waals surface area contributed by atoms with Gasteiger partial charge in [0.05, 0.1) is 12.7 Å². The summed E-state index contributed by atoms with van der Waals surface area (Å²) in [7, 11) is 1.52. The predicted octanol–water partition coefficient (Wildman–Crippen LogP) is 4.99. The first kappa shape index (κ1) is 24.3. The van der Waals surface area contributed by atoms with Gasteiger partial charge in [0.2, 0.25) is 5.91 Å². The summed E-state index contributed by atoms with van der Waals surface area (Å²) >= 11 is 3.10. The van der Waals surface area contributed by atoms with E-state index in [1.165, 1.54) is 18.1 Å². The standard InChI is InChI=1S/C24H23BrF3N3O3/c1-34-18-7-5-14(6-8-18)19-22(33)31(23(30-19)9-3-2-4-10-23)20(21(29)32)15-11-16(24(26,27)28)13-17(25)12-15/h5-8,11-13,20H,2-4,9-10H2,1H3,(H2,29,32). The van der Waals surface area contributed by atoms with Gasteiger partial charge >= 0.3 is 6.18 Å². The molecule has 1 aliphatic heterocycles. The second-order valence-corrected chi connectivity index (χ2v) is 9.40. The molecule has 2 aliphatic rings. The molecule has 2 aromatic carbocycles. The number of benzene rings is 2. The van der Waals surface area contributed by atoms with Crippen molar-refractivity contribution < 1.29 is 27.5 Å². The molecular formula is C24H23BrF3N3O3. The minimum absolute atomic E-state index is 0.0151. The number of rotatable bonds is 5. The largest absolute Gasteiger partial charge is 0.497 e. The first-order chi connectivity index (χ1) is 16.1. The smallest absolute Gasteiger partial charge is 0.416 e. The molecule has 2 N–H and O–H groups in total. The van der Waals surface area contributed by atoms with Crippen LogP contribution in [0.15, 0.2) is 51.9 Å². The Balaban J connectivity index is 1.84. The minimum Gasteiger partial charge on any atom is -0.497 e. The van der Waals surface area contributed by atoms with Gasteiger partial charge in [-0.05, 0) is 73.7 Å². The molecule has 1 atom stereocenters. The topological polar surface area (TPSA) is 85.0 Å². The molecule has 34 heavy (non-hydrogen) atoms. The van der Waals surface area contributed by atoms with Crippen LogP contribution in [0.3, 0.4) is 0 Å². The molecule has 2 amide bonds. The Morgan fingerprint density at radius 3 is 2.35 bits per heavy atom. The lowest BCUT2D eigenvalue weighted by molar-refractivity contribution is -0.141. The number of methoxy groups -OCH3 is 1. The third-order valence-electron chi connectivity index (χ3n) is 6.30. The highest BCUT2D eigenvalue weighted by Crippen LogP contribution is 2.45. The number of hydrogen-bond donors (Lipinski definition) is 1. The maximum absolute atomic E-state index is 13.7. The van der Waals surface area contributed by atoms with E-state index in [0.717, 1.165) is 31.4 Å². The van der Waals surface area contributed by atoms with E-state index >= 15 is 0 Å². The molecule has 10 heteroatoms. The normalized spacial score (nSPS) is 18.7. The average molecular weight is 538 g/mol. The third-order valence-corrected chi connectivity index (χ3v) is 6.76. The summed E-state index contributed by atoms with van der Waals surface area (Å²) in [6.07, 6.45) is -1.19. The lowest BCUT2D eigenvalue weighted by Crippen LogP contribution is -2.53. The molecule has 180 valence electrons. The van der Waals surface area contributed by atoms with Gasteiger partial charge in [-0.25, -0.2) is 0 Å². The molecule has 1 heterocycles. The van der Waals surface area contributed by atoms with E-state index in [-0.39, 0.29) is 15.7 Å². The lowest BCUT2D eigenvalue weighted by atomic mass is 9.86. The van der Waals surface area contributed by atoms with E-state index in [4.69, 9.17) is 15.5 Å². The fourth-order valence-corrected chi connectivity index (χ4v) is 5.26. The van der Waals surface area contributed by atoms with Crippen LogP contribution in [0, 0.1) is 0 Å². The second-order valence-electron chi connectivity index (χ2n) is 8.48. The summed E-state index contributed by atoms with van der Waals surface area (Å²) in [6, 6.07) is 8.53. The number of alkyl halides is 3. The molecule has 1 unspecified atom stereocenters. The molecule has 0 radical (unpaired) electrons. The summed E-state index contributed by atoms with van der Waals surface area (Å²) in [5.41, 5.74) is 4.42. The van der Waals surface area contributed by atoms with Gasteiger partial charge in [-0.2, -0.15) is 13.2 Å². The van der Waals surface area contributed by atoms with Gasteiger partial charge in [-0.15, -0.1) is 0 Å². The van der Waals surface area contributed by atoms with Crippen LogP contribution in [0.2, 0.25) is 0 Å². The molecule has 0 saturated heterocycles. The van der Waals surface area contributed by atoms with Crippen LogP contribution in [0.1, 0.15) is 54.8 Å². The Bertz CT molecular complexity index is 1140. The van der Waals surface area contributed by atoms with Crippen molar-refractivity contribution in [3.05, 3.63) is 63.6 Å². The van der Waals surface area contributed by atoms with Gasteiger partial charge in [-0.3, -0.25) is 19.5 Å². The predicted molar refractivity (Wildman–Crippen MR) is 123 cm³/mol. The number of ether oxygens (including phenoxy) is 1. The van der Waals surface area contributed by atoms with E-state index in [1.807, 2.05) is 0 Å². The first-order valence-corrected chi connectivity index (χ1v) is 11.6. The highest BCUT2D eigenvalue weighted by atomic mass is 79.9. The Kier molecular flexibility index (Phi) is 6.46. The highest BCUT2D eigenvalue weighted by Gasteiger charge is 2.52. The van der Waals surface area contributed by atoms with Crippen molar-refractivity contribution in [3.8, 4) is 5.75 Å². The van der Waals surface area contributed by atoms with Crippen LogP contribution >= 0.6 is 15.9 Å². The molecule has 1 saturated carbocycles. The number of hydrogen-bond acceptors (Lipinski definition) is 4. The van der Waals surface area contributed by atoms with Gasteiger partial charge in [0.25, 0.3) is 5.91 Å². The van der Waals surface area contributed by atoms with E-state index < -0.39 is 35.3 Å². The van der Waals surface area contributed by atoms with Gasteiger partial charge in [-0.1, -0.05) is 22.4 Å². The molecule has 2 aromatic rings. The number of nitrogens with zero attached hydrogens (tertiary/aromatic N) is 2. The van der Waals surface area contributed by atoms with E-state index in [9.17, 15) is 22.8 Å². The second kappa shape index (κ2) is 9.05. The summed E-state index contributed by atoms with van der Waals surface area (Å²) in [6.45, 7) is 0. The fraction of sp³-hybridized carbons (Fsp3) is 0.375. The van der Waals surface area contributed by atoms with Crippen molar-refractivity contribution in [2.45, 2.75) is 50.0 Å². The zero-order valence-electron chi connectivity index (χ0n) is 18.4. The van der Waals surface area contributed by atoms with Crippen molar-refractivity contribution in [2.24, 2.45) is 10.7 Å². The van der Waals surface area contributed by atoms with Crippen LogP contribution < -0.4 is 10.5 Å². The summed E-state index contributed by atoms with van der Waals surface area (Å²) in [4.78, 5) is 32.6. The zero-order valence-corrected chi connectivity index (χ0v) is 19.9. The number of primary amides is 1. The maximum atomic E-state index is 13.7. The molecular weight excluding hydrogens is 515 g/mol. The molecule has 0 bridgehead atoms. The molecule has 6 nitrogen and oxygen atoms in total. The van der Waals surface area contributed by atoms with Crippen molar-refractivity contribution >= 4 is 33.5 Å². The highest BCUT2D eigenvalue weighted by molar-refractivity contribution is 9.10.